The Hall–Kier alpha value is -2.33. The van der Waals surface area contributed by atoms with Crippen LogP contribution < -0.4 is 4.90 Å². The van der Waals surface area contributed by atoms with Gasteiger partial charge in [0.25, 0.3) is 0 Å². The molecule has 5 heteroatoms. The van der Waals surface area contributed by atoms with Crippen molar-refractivity contribution in [2.24, 2.45) is 0 Å². The van der Waals surface area contributed by atoms with Gasteiger partial charge in [0, 0.05) is 43.1 Å². The van der Waals surface area contributed by atoms with Crippen LogP contribution in [0.25, 0.3) is 0 Å². The summed E-state index contributed by atoms with van der Waals surface area (Å²) in [4.78, 5) is 11.3. The Morgan fingerprint density at radius 2 is 2.08 bits per heavy atom. The Kier molecular flexibility index (Phi) is 4.45. The van der Waals surface area contributed by atoms with Gasteiger partial charge in [-0.1, -0.05) is 24.6 Å². The van der Waals surface area contributed by atoms with E-state index >= 15 is 0 Å². The molecule has 0 saturated heterocycles. The molecular formula is C20H21ClN4. The van der Waals surface area contributed by atoms with Crippen molar-refractivity contribution < 1.29 is 0 Å². The number of benzene rings is 1. The molecule has 1 aromatic carbocycles. The Balaban J connectivity index is 1.55. The summed E-state index contributed by atoms with van der Waals surface area (Å²) < 4.78 is 2.19. The van der Waals surface area contributed by atoms with Crippen molar-refractivity contribution in [3.05, 3.63) is 76.6 Å². The lowest BCUT2D eigenvalue weighted by molar-refractivity contribution is 0.717. The second kappa shape index (κ2) is 6.89. The smallest absolute Gasteiger partial charge is 0.108 e. The minimum absolute atomic E-state index is 0.810. The Morgan fingerprint density at radius 1 is 1.16 bits per heavy atom. The molecular weight excluding hydrogens is 332 g/mol. The molecule has 0 aliphatic carbocycles. The summed E-state index contributed by atoms with van der Waals surface area (Å²) in [6.45, 7) is 4.83. The molecule has 0 bridgehead atoms. The number of fused-ring (bicyclic) bond motifs is 1. The van der Waals surface area contributed by atoms with Crippen LogP contribution in [-0.4, -0.2) is 21.1 Å². The zero-order valence-electron chi connectivity index (χ0n) is 14.3. The second-order valence-corrected chi connectivity index (χ2v) is 6.90. The average molecular weight is 353 g/mol. The lowest BCUT2D eigenvalue weighted by atomic mass is 9.99. The number of imidazole rings is 1. The van der Waals surface area contributed by atoms with E-state index in [9.17, 15) is 0 Å². The molecule has 0 atom stereocenters. The normalized spacial score (nSPS) is 13.8. The van der Waals surface area contributed by atoms with Gasteiger partial charge >= 0.3 is 0 Å². The summed E-state index contributed by atoms with van der Waals surface area (Å²) in [7, 11) is 0. The quantitative estimate of drug-likeness (QED) is 0.708. The van der Waals surface area contributed by atoms with Crippen LogP contribution in [0.4, 0.5) is 5.69 Å². The summed E-state index contributed by atoms with van der Waals surface area (Å²) in [5.41, 5.74) is 5.09. The second-order valence-electron chi connectivity index (χ2n) is 6.46. The lowest BCUT2D eigenvalue weighted by Crippen LogP contribution is -2.30. The summed E-state index contributed by atoms with van der Waals surface area (Å²) in [6.07, 6.45) is 9.75. The van der Waals surface area contributed by atoms with Crippen molar-refractivity contribution in [1.29, 1.82) is 0 Å². The molecule has 0 fully saturated rings. The zero-order chi connectivity index (χ0) is 17.2. The first-order valence-corrected chi connectivity index (χ1v) is 9.07. The Morgan fingerprint density at radius 3 is 2.96 bits per heavy atom. The van der Waals surface area contributed by atoms with Crippen LogP contribution in [0.2, 0.25) is 5.02 Å². The van der Waals surface area contributed by atoms with Crippen LogP contribution in [0.3, 0.4) is 0 Å². The van der Waals surface area contributed by atoms with Gasteiger partial charge in [-0.15, -0.1) is 0 Å². The monoisotopic (exact) mass is 352 g/mol. The molecule has 2 aromatic heterocycles. The molecule has 1 aliphatic rings. The lowest BCUT2D eigenvalue weighted by Gasteiger charge is -2.30. The number of pyridine rings is 1. The third kappa shape index (κ3) is 3.40. The zero-order valence-corrected chi connectivity index (χ0v) is 15.1. The van der Waals surface area contributed by atoms with Gasteiger partial charge in [-0.25, -0.2) is 4.98 Å². The number of nitrogens with zero attached hydrogens (tertiary/aromatic N) is 4. The number of anilines is 1. The summed E-state index contributed by atoms with van der Waals surface area (Å²) in [5.74, 6) is 1.11. The van der Waals surface area contributed by atoms with Gasteiger partial charge < -0.3 is 9.47 Å². The van der Waals surface area contributed by atoms with E-state index in [0.29, 0.717) is 0 Å². The SMILES string of the molecule is CCc1nccn1Cc1cncc(N2CCc3cc(Cl)ccc3C2)c1. The Labute approximate surface area is 153 Å². The van der Waals surface area contributed by atoms with E-state index in [1.54, 1.807) is 0 Å². The fraction of sp³-hybridized carbons (Fsp3) is 0.300. The predicted molar refractivity (Wildman–Crippen MR) is 101 cm³/mol. The summed E-state index contributed by atoms with van der Waals surface area (Å²) >= 11 is 6.11. The van der Waals surface area contributed by atoms with Crippen molar-refractivity contribution >= 4 is 17.3 Å². The van der Waals surface area contributed by atoms with Gasteiger partial charge in [-0.3, -0.25) is 4.98 Å². The highest BCUT2D eigenvalue weighted by Crippen LogP contribution is 2.26. The molecule has 3 heterocycles. The van der Waals surface area contributed by atoms with Crippen LogP contribution in [0.1, 0.15) is 29.4 Å². The first-order valence-electron chi connectivity index (χ1n) is 8.69. The van der Waals surface area contributed by atoms with Gasteiger partial charge in [0.1, 0.15) is 5.82 Å². The molecule has 0 amide bonds. The number of hydrogen-bond donors (Lipinski definition) is 0. The average Bonchev–Trinajstić information content (AvgIpc) is 3.08. The number of rotatable bonds is 4. The first kappa shape index (κ1) is 16.2. The predicted octanol–water partition coefficient (Wildman–Crippen LogP) is 4.10. The fourth-order valence-corrected chi connectivity index (χ4v) is 3.66. The van der Waals surface area contributed by atoms with Crippen LogP contribution >= 0.6 is 11.6 Å². The van der Waals surface area contributed by atoms with Crippen molar-refractivity contribution in [1.82, 2.24) is 14.5 Å². The molecule has 128 valence electrons. The van der Waals surface area contributed by atoms with E-state index in [1.807, 2.05) is 30.9 Å². The van der Waals surface area contributed by atoms with Crippen LogP contribution in [0, 0.1) is 0 Å². The van der Waals surface area contributed by atoms with Gasteiger partial charge in [-0.05, 0) is 41.3 Å². The van der Waals surface area contributed by atoms with Gasteiger partial charge in [0.2, 0.25) is 0 Å². The van der Waals surface area contributed by atoms with Crippen molar-refractivity contribution in [2.75, 3.05) is 11.4 Å². The fourth-order valence-electron chi connectivity index (χ4n) is 3.47. The molecule has 3 aromatic rings. The molecule has 1 aliphatic heterocycles. The topological polar surface area (TPSA) is 34.0 Å². The number of aryl methyl sites for hydroxylation is 1. The highest BCUT2D eigenvalue weighted by atomic mass is 35.5. The van der Waals surface area contributed by atoms with E-state index in [4.69, 9.17) is 11.6 Å². The highest BCUT2D eigenvalue weighted by Gasteiger charge is 2.17. The minimum Gasteiger partial charge on any atom is -0.366 e. The number of halogens is 1. The van der Waals surface area contributed by atoms with Gasteiger partial charge in [-0.2, -0.15) is 0 Å². The molecule has 25 heavy (non-hydrogen) atoms. The van der Waals surface area contributed by atoms with E-state index in [1.165, 1.54) is 22.4 Å². The third-order valence-corrected chi connectivity index (χ3v) is 5.03. The van der Waals surface area contributed by atoms with Gasteiger partial charge in [0.05, 0.1) is 18.4 Å². The summed E-state index contributed by atoms with van der Waals surface area (Å²) in [5, 5.41) is 0.822. The standard InChI is InChI=1S/C20H21ClN4/c1-2-20-23-6-8-25(20)13-15-9-19(12-22-11-15)24-7-5-16-10-18(21)4-3-17(16)14-24/h3-4,6,8-12H,2,5,7,13-14H2,1H3. The maximum Gasteiger partial charge on any atom is 0.108 e. The van der Waals surface area contributed by atoms with Crippen molar-refractivity contribution in [3.63, 3.8) is 0 Å². The number of hydrogen-bond acceptors (Lipinski definition) is 3. The minimum atomic E-state index is 0.810. The molecule has 0 radical (unpaired) electrons. The Bertz CT molecular complexity index is 887. The molecule has 0 N–H and O–H groups in total. The van der Waals surface area contributed by atoms with Gasteiger partial charge in [0.15, 0.2) is 0 Å². The van der Waals surface area contributed by atoms with E-state index in [2.05, 4.69) is 44.6 Å². The van der Waals surface area contributed by atoms with E-state index in [-0.39, 0.29) is 0 Å². The first-order chi connectivity index (χ1) is 12.2. The van der Waals surface area contributed by atoms with Crippen molar-refractivity contribution in [3.8, 4) is 0 Å². The maximum absolute atomic E-state index is 6.11. The van der Waals surface area contributed by atoms with Crippen LogP contribution in [0.15, 0.2) is 49.1 Å². The van der Waals surface area contributed by atoms with Crippen LogP contribution in [0.5, 0.6) is 0 Å². The molecule has 0 saturated carbocycles. The number of aromatic nitrogens is 3. The summed E-state index contributed by atoms with van der Waals surface area (Å²) in [6, 6.07) is 8.45. The van der Waals surface area contributed by atoms with Crippen LogP contribution in [-0.2, 0) is 25.9 Å². The molecule has 0 unspecified atom stereocenters. The third-order valence-electron chi connectivity index (χ3n) is 4.80. The van der Waals surface area contributed by atoms with E-state index < -0.39 is 0 Å². The molecule has 4 nitrogen and oxygen atoms in total. The highest BCUT2D eigenvalue weighted by molar-refractivity contribution is 6.30. The van der Waals surface area contributed by atoms with E-state index in [0.717, 1.165) is 43.3 Å². The molecule has 0 spiro atoms. The maximum atomic E-state index is 6.11. The molecule has 4 rings (SSSR count). The largest absolute Gasteiger partial charge is 0.366 e. The van der Waals surface area contributed by atoms with Crippen molar-refractivity contribution in [2.45, 2.75) is 32.9 Å².